The number of hydrogen-bond acceptors (Lipinski definition) is 7. The van der Waals surface area contributed by atoms with Crippen LogP contribution < -0.4 is 4.90 Å². The largest absolute Gasteiger partial charge is 0.379 e. The number of nitrogens with zero attached hydrogens (tertiary/aromatic N) is 4. The third-order valence-corrected chi connectivity index (χ3v) is 6.52. The van der Waals surface area contributed by atoms with Crippen LogP contribution in [0.25, 0.3) is 0 Å². The summed E-state index contributed by atoms with van der Waals surface area (Å²) < 4.78 is 5.94. The number of carbonyl (C=O) groups excluding carboxylic acids is 1. The minimum absolute atomic E-state index is 0.0266. The highest BCUT2D eigenvalue weighted by atomic mass is 32.1. The van der Waals surface area contributed by atoms with Gasteiger partial charge in [-0.15, -0.1) is 22.7 Å². The van der Waals surface area contributed by atoms with E-state index in [1.54, 1.807) is 11.3 Å². The highest BCUT2D eigenvalue weighted by molar-refractivity contribution is 7.13. The molecule has 0 aliphatic carbocycles. The Balaban J connectivity index is 1.53. The smallest absolute Gasteiger partial charge is 0.273 e. The number of rotatable bonds is 2. The second kappa shape index (κ2) is 7.01. The predicted octanol–water partition coefficient (Wildman–Crippen LogP) is 2.67. The van der Waals surface area contributed by atoms with E-state index in [0.717, 1.165) is 49.2 Å². The maximum atomic E-state index is 12.8. The molecule has 1 atom stereocenters. The molecule has 0 saturated carbocycles. The van der Waals surface area contributed by atoms with Gasteiger partial charge in [0.25, 0.3) is 5.91 Å². The molecular formula is C17H22N4O2S2. The minimum Gasteiger partial charge on any atom is -0.379 e. The third-order valence-electron chi connectivity index (χ3n) is 4.92. The second-order valence-corrected chi connectivity index (χ2v) is 8.81. The van der Waals surface area contributed by atoms with Crippen molar-refractivity contribution in [2.24, 2.45) is 5.41 Å². The lowest BCUT2D eigenvalue weighted by Crippen LogP contribution is -2.52. The highest BCUT2D eigenvalue weighted by Gasteiger charge is 2.41. The van der Waals surface area contributed by atoms with E-state index in [2.05, 4.69) is 14.9 Å². The van der Waals surface area contributed by atoms with E-state index in [1.807, 2.05) is 28.8 Å². The third kappa shape index (κ3) is 3.56. The van der Waals surface area contributed by atoms with Crippen LogP contribution in [-0.4, -0.2) is 60.2 Å². The number of likely N-dealkylation sites (tertiary alicyclic amines) is 1. The molecule has 2 fully saturated rings. The molecule has 1 spiro atoms. The normalized spacial score (nSPS) is 24.5. The minimum atomic E-state index is -0.0266. The number of aromatic nitrogens is 2. The van der Waals surface area contributed by atoms with Crippen molar-refractivity contribution in [3.8, 4) is 0 Å². The molecule has 134 valence electrons. The number of amides is 1. The summed E-state index contributed by atoms with van der Waals surface area (Å²) in [5.41, 5.74) is 0.548. The van der Waals surface area contributed by atoms with Crippen LogP contribution in [0, 0.1) is 12.3 Å². The zero-order chi connectivity index (χ0) is 17.3. The molecule has 0 radical (unpaired) electrons. The quantitative estimate of drug-likeness (QED) is 0.804. The number of thiazole rings is 2. The number of ether oxygens (including phenoxy) is 1. The summed E-state index contributed by atoms with van der Waals surface area (Å²) >= 11 is 3.19. The summed E-state index contributed by atoms with van der Waals surface area (Å²) in [6.45, 7) is 6.62. The average molecular weight is 379 g/mol. The molecule has 2 aromatic heterocycles. The van der Waals surface area contributed by atoms with Gasteiger partial charge in [-0.2, -0.15) is 0 Å². The molecule has 2 aromatic rings. The number of aryl methyl sites for hydroxylation is 1. The van der Waals surface area contributed by atoms with Crippen LogP contribution in [0.1, 0.15) is 28.3 Å². The molecule has 4 heterocycles. The van der Waals surface area contributed by atoms with Crippen LogP contribution >= 0.6 is 22.7 Å². The molecule has 2 saturated heterocycles. The summed E-state index contributed by atoms with van der Waals surface area (Å²) in [6, 6.07) is 0. The molecule has 6 nitrogen and oxygen atoms in total. The maximum Gasteiger partial charge on any atom is 0.273 e. The lowest BCUT2D eigenvalue weighted by Gasteiger charge is -2.43. The first kappa shape index (κ1) is 16.9. The van der Waals surface area contributed by atoms with E-state index >= 15 is 0 Å². The SMILES string of the molecule is Cc1nc(C(=O)N2CCCC3(COCCN(c4nccs4)C3)C2)cs1. The van der Waals surface area contributed by atoms with Crippen molar-refractivity contribution in [3.05, 3.63) is 27.7 Å². The van der Waals surface area contributed by atoms with Crippen molar-refractivity contribution in [1.29, 1.82) is 0 Å². The molecule has 2 aliphatic heterocycles. The Morgan fingerprint density at radius 3 is 3.00 bits per heavy atom. The standard InChI is InChI=1S/C17H22N4O2S2/c1-13-19-14(9-25-13)15(22)20-5-2-3-17(10-20)11-21(6-7-23-12-17)16-18-4-8-24-16/h4,8-9H,2-3,5-7,10-12H2,1H3. The Kier molecular flexibility index (Phi) is 4.75. The van der Waals surface area contributed by atoms with Crippen LogP contribution in [0.2, 0.25) is 0 Å². The van der Waals surface area contributed by atoms with Gasteiger partial charge in [0.15, 0.2) is 5.13 Å². The Labute approximate surface area is 155 Å². The summed E-state index contributed by atoms with van der Waals surface area (Å²) in [4.78, 5) is 26.0. The monoisotopic (exact) mass is 378 g/mol. The molecule has 8 heteroatoms. The molecule has 2 aliphatic rings. The Morgan fingerprint density at radius 2 is 2.24 bits per heavy atom. The van der Waals surface area contributed by atoms with Gasteiger partial charge in [-0.1, -0.05) is 0 Å². The summed E-state index contributed by atoms with van der Waals surface area (Å²) in [6.07, 6.45) is 3.93. The Morgan fingerprint density at radius 1 is 1.32 bits per heavy atom. The van der Waals surface area contributed by atoms with Gasteiger partial charge < -0.3 is 14.5 Å². The first-order valence-electron chi connectivity index (χ1n) is 8.59. The van der Waals surface area contributed by atoms with Gasteiger partial charge in [-0.25, -0.2) is 9.97 Å². The average Bonchev–Trinajstić information content (AvgIpc) is 3.25. The van der Waals surface area contributed by atoms with Crippen molar-refractivity contribution in [2.45, 2.75) is 19.8 Å². The predicted molar refractivity (Wildman–Crippen MR) is 99.6 cm³/mol. The van der Waals surface area contributed by atoms with Gasteiger partial charge in [-0.3, -0.25) is 4.79 Å². The molecule has 0 bridgehead atoms. The van der Waals surface area contributed by atoms with Crippen molar-refractivity contribution >= 4 is 33.7 Å². The van der Waals surface area contributed by atoms with Gasteiger partial charge in [0.05, 0.1) is 18.2 Å². The number of piperidine rings is 1. The van der Waals surface area contributed by atoms with Gasteiger partial charge in [-0.05, 0) is 19.8 Å². The van der Waals surface area contributed by atoms with Crippen molar-refractivity contribution < 1.29 is 9.53 Å². The van der Waals surface area contributed by atoms with E-state index in [4.69, 9.17) is 4.74 Å². The zero-order valence-corrected chi connectivity index (χ0v) is 15.9. The van der Waals surface area contributed by atoms with Gasteiger partial charge in [0.1, 0.15) is 5.69 Å². The lowest BCUT2D eigenvalue weighted by molar-refractivity contribution is 0.0133. The number of hydrogen-bond donors (Lipinski definition) is 0. The summed E-state index contributed by atoms with van der Waals surface area (Å²) in [5.74, 6) is 0.0495. The van der Waals surface area contributed by atoms with E-state index in [1.165, 1.54) is 11.3 Å². The van der Waals surface area contributed by atoms with Crippen molar-refractivity contribution in [1.82, 2.24) is 14.9 Å². The zero-order valence-electron chi connectivity index (χ0n) is 14.3. The second-order valence-electron chi connectivity index (χ2n) is 6.87. The Hall–Kier alpha value is -1.51. The van der Waals surface area contributed by atoms with Crippen LogP contribution in [-0.2, 0) is 4.74 Å². The molecule has 25 heavy (non-hydrogen) atoms. The topological polar surface area (TPSA) is 58.6 Å². The number of anilines is 1. The maximum absolute atomic E-state index is 12.8. The highest BCUT2D eigenvalue weighted by Crippen LogP contribution is 2.35. The number of carbonyl (C=O) groups is 1. The van der Waals surface area contributed by atoms with Gasteiger partial charge in [0, 0.05) is 48.6 Å². The first-order valence-corrected chi connectivity index (χ1v) is 10.3. The molecule has 0 N–H and O–H groups in total. The van der Waals surface area contributed by atoms with E-state index in [9.17, 15) is 4.79 Å². The van der Waals surface area contributed by atoms with E-state index < -0.39 is 0 Å². The molecular weight excluding hydrogens is 356 g/mol. The molecule has 1 amide bonds. The fraction of sp³-hybridized carbons (Fsp3) is 0.588. The van der Waals surface area contributed by atoms with E-state index in [0.29, 0.717) is 18.9 Å². The van der Waals surface area contributed by atoms with Gasteiger partial charge in [0.2, 0.25) is 0 Å². The van der Waals surface area contributed by atoms with Crippen LogP contribution in [0.15, 0.2) is 17.0 Å². The van der Waals surface area contributed by atoms with Crippen molar-refractivity contribution in [3.63, 3.8) is 0 Å². The first-order chi connectivity index (χ1) is 12.2. The molecule has 4 rings (SSSR count). The van der Waals surface area contributed by atoms with Crippen molar-refractivity contribution in [2.75, 3.05) is 44.3 Å². The summed E-state index contributed by atoms with van der Waals surface area (Å²) in [5, 5.41) is 5.85. The Bertz CT molecular complexity index is 733. The van der Waals surface area contributed by atoms with Crippen LogP contribution in [0.4, 0.5) is 5.13 Å². The lowest BCUT2D eigenvalue weighted by atomic mass is 9.80. The van der Waals surface area contributed by atoms with Gasteiger partial charge >= 0.3 is 0 Å². The van der Waals surface area contributed by atoms with E-state index in [-0.39, 0.29) is 11.3 Å². The fourth-order valence-corrected chi connectivity index (χ4v) is 5.04. The van der Waals surface area contributed by atoms with Crippen LogP contribution in [0.5, 0.6) is 0 Å². The fourth-order valence-electron chi connectivity index (χ4n) is 3.78. The summed E-state index contributed by atoms with van der Waals surface area (Å²) in [7, 11) is 0. The molecule has 0 aromatic carbocycles. The molecule has 1 unspecified atom stereocenters. The van der Waals surface area contributed by atoms with Crippen LogP contribution in [0.3, 0.4) is 0 Å².